The van der Waals surface area contributed by atoms with Crippen molar-refractivity contribution in [1.82, 2.24) is 5.32 Å². The highest BCUT2D eigenvalue weighted by molar-refractivity contribution is 4.51. The normalized spacial score (nSPS) is 11.6. The minimum atomic E-state index is -0.351. The van der Waals surface area contributed by atoms with Gasteiger partial charge in [0.1, 0.15) is 6.23 Å². The van der Waals surface area contributed by atoms with Gasteiger partial charge in [-0.2, -0.15) is 0 Å². The van der Waals surface area contributed by atoms with E-state index in [2.05, 4.69) is 12.2 Å². The first-order valence-corrected chi connectivity index (χ1v) is 10.2. The molecule has 0 bridgehead atoms. The molecule has 150 valence electrons. The summed E-state index contributed by atoms with van der Waals surface area (Å²) in [4.78, 5) is 0. The summed E-state index contributed by atoms with van der Waals surface area (Å²) in [6.07, 6.45) is 22.2. The van der Waals surface area contributed by atoms with E-state index >= 15 is 0 Å². The molecule has 0 aromatic rings. The number of hydrogen-bond acceptors (Lipinski definition) is 2. The third-order valence-corrected chi connectivity index (χ3v) is 4.47. The first-order chi connectivity index (χ1) is 10.8. The molecular weight excluding hydrogens is 308 g/mol. The zero-order chi connectivity index (χ0) is 16.3. The minimum Gasteiger partial charge on any atom is -0.379 e. The molecule has 0 aliphatic carbocycles. The lowest BCUT2D eigenvalue weighted by Gasteiger charge is -2.06. The van der Waals surface area contributed by atoms with Gasteiger partial charge in [0.15, 0.2) is 0 Å². The fraction of sp³-hybridized carbons (Fsp3) is 1.00. The van der Waals surface area contributed by atoms with Crippen LogP contribution in [0.1, 0.15) is 117 Å². The van der Waals surface area contributed by atoms with E-state index in [-0.39, 0.29) is 15.6 Å². The van der Waals surface area contributed by atoms with Crippen LogP contribution in [0.4, 0.5) is 9.41 Å². The summed E-state index contributed by atoms with van der Waals surface area (Å²) in [5, 5.41) is 12.1. The van der Waals surface area contributed by atoms with Crippen molar-refractivity contribution < 1.29 is 14.5 Å². The monoisotopic (exact) mass is 353 g/mol. The summed E-state index contributed by atoms with van der Waals surface area (Å²) in [6, 6.07) is 0. The maximum atomic E-state index is 9.07. The third kappa shape index (κ3) is 26.7. The Labute approximate surface area is 149 Å². The molecule has 24 heavy (non-hydrogen) atoms. The Hall–Kier alpha value is -0.220. The molecule has 0 aromatic carbocycles. The Morgan fingerprint density at radius 1 is 0.583 bits per heavy atom. The van der Waals surface area contributed by atoms with Crippen molar-refractivity contribution in [2.75, 3.05) is 6.54 Å². The minimum absolute atomic E-state index is 0. The average molecular weight is 354 g/mol. The summed E-state index contributed by atoms with van der Waals surface area (Å²) in [5.74, 6) is 0. The van der Waals surface area contributed by atoms with E-state index in [1.807, 2.05) is 0 Å². The fourth-order valence-electron chi connectivity index (χ4n) is 2.98. The molecule has 2 nitrogen and oxygen atoms in total. The number of rotatable bonds is 18. The van der Waals surface area contributed by atoms with Gasteiger partial charge in [-0.25, -0.2) is 0 Å². The number of aliphatic hydroxyl groups excluding tert-OH is 1. The van der Waals surface area contributed by atoms with Gasteiger partial charge in [-0.15, -0.1) is 0 Å². The van der Waals surface area contributed by atoms with Crippen molar-refractivity contribution in [3.63, 3.8) is 0 Å². The van der Waals surface area contributed by atoms with Crippen LogP contribution in [0, 0.1) is 0 Å². The molecule has 0 saturated carbocycles. The van der Waals surface area contributed by atoms with Gasteiger partial charge in [-0.1, -0.05) is 103 Å². The first kappa shape index (κ1) is 28.6. The van der Waals surface area contributed by atoms with Crippen LogP contribution >= 0.6 is 0 Å². The Morgan fingerprint density at radius 2 is 0.875 bits per heavy atom. The number of halogens is 2. The highest BCUT2D eigenvalue weighted by atomic mass is 19.0. The molecule has 0 amide bonds. The van der Waals surface area contributed by atoms with Gasteiger partial charge < -0.3 is 5.11 Å². The second-order valence-electron chi connectivity index (χ2n) is 6.93. The quantitative estimate of drug-likeness (QED) is 0.218. The molecule has 0 aliphatic rings. The molecule has 0 radical (unpaired) electrons. The molecule has 0 saturated heterocycles. The predicted molar refractivity (Wildman–Crippen MR) is 104 cm³/mol. The Bertz CT molecular complexity index is 204. The zero-order valence-corrected chi connectivity index (χ0v) is 16.4. The molecular formula is C20H45F2NO. The van der Waals surface area contributed by atoms with Gasteiger partial charge in [-0.05, 0) is 19.9 Å². The Balaban J connectivity index is -0.00000220. The topological polar surface area (TPSA) is 32.3 Å². The van der Waals surface area contributed by atoms with Crippen molar-refractivity contribution in [3.05, 3.63) is 0 Å². The van der Waals surface area contributed by atoms with E-state index in [0.717, 1.165) is 6.54 Å². The molecule has 0 aromatic heterocycles. The van der Waals surface area contributed by atoms with Crippen LogP contribution in [0.25, 0.3) is 0 Å². The number of unbranched alkanes of at least 4 members (excludes halogenated alkanes) is 15. The van der Waals surface area contributed by atoms with E-state index < -0.39 is 0 Å². The van der Waals surface area contributed by atoms with Crippen LogP contribution in [0.2, 0.25) is 0 Å². The van der Waals surface area contributed by atoms with Crippen LogP contribution in [0.15, 0.2) is 0 Å². The molecule has 1 atom stereocenters. The lowest BCUT2D eigenvalue weighted by molar-refractivity contribution is 0.156. The second-order valence-corrected chi connectivity index (χ2v) is 6.93. The number of hydrogen-bond donors (Lipinski definition) is 2. The van der Waals surface area contributed by atoms with Crippen LogP contribution in [0.3, 0.4) is 0 Å². The van der Waals surface area contributed by atoms with Crippen molar-refractivity contribution in [2.45, 2.75) is 123 Å². The summed E-state index contributed by atoms with van der Waals surface area (Å²) >= 11 is 0. The molecule has 1 unspecified atom stereocenters. The molecule has 4 heteroatoms. The van der Waals surface area contributed by atoms with Crippen molar-refractivity contribution in [1.29, 1.82) is 0 Å². The standard InChI is InChI=1S/C20H43NO.2FH/c1-3-4-5-6-7-8-9-10-11-12-13-14-15-16-17-18-19-21-20(2)22;;/h20-22H,3-19H2,1-2H3;2*1H. The van der Waals surface area contributed by atoms with E-state index in [1.54, 1.807) is 6.92 Å². The number of aliphatic hydroxyl groups is 1. The molecule has 0 rings (SSSR count). The predicted octanol–water partition coefficient (Wildman–Crippen LogP) is 6.48. The van der Waals surface area contributed by atoms with Crippen molar-refractivity contribution >= 4 is 0 Å². The van der Waals surface area contributed by atoms with Crippen LogP contribution in [0.5, 0.6) is 0 Å². The molecule has 2 N–H and O–H groups in total. The largest absolute Gasteiger partial charge is 0.379 e. The number of nitrogens with one attached hydrogen (secondary N) is 1. The van der Waals surface area contributed by atoms with E-state index in [9.17, 15) is 0 Å². The second kappa shape index (κ2) is 25.0. The first-order valence-electron chi connectivity index (χ1n) is 10.2. The summed E-state index contributed by atoms with van der Waals surface area (Å²) in [5.41, 5.74) is 0. The van der Waals surface area contributed by atoms with Gasteiger partial charge in [-0.3, -0.25) is 14.7 Å². The van der Waals surface area contributed by atoms with E-state index in [4.69, 9.17) is 5.11 Å². The van der Waals surface area contributed by atoms with Gasteiger partial charge >= 0.3 is 0 Å². The van der Waals surface area contributed by atoms with Crippen LogP contribution in [-0.2, 0) is 0 Å². The van der Waals surface area contributed by atoms with E-state index in [0.29, 0.717) is 0 Å². The van der Waals surface area contributed by atoms with Crippen molar-refractivity contribution in [2.24, 2.45) is 0 Å². The molecule has 0 heterocycles. The van der Waals surface area contributed by atoms with Gasteiger partial charge in [0.25, 0.3) is 0 Å². The third-order valence-electron chi connectivity index (χ3n) is 4.47. The Kier molecular flexibility index (Phi) is 29.8. The fourth-order valence-corrected chi connectivity index (χ4v) is 2.98. The Morgan fingerprint density at radius 3 is 1.17 bits per heavy atom. The maximum Gasteiger partial charge on any atom is 0.102 e. The molecule has 0 spiro atoms. The summed E-state index contributed by atoms with van der Waals surface area (Å²) in [7, 11) is 0. The highest BCUT2D eigenvalue weighted by Crippen LogP contribution is 2.13. The van der Waals surface area contributed by atoms with Crippen LogP contribution in [-0.4, -0.2) is 17.9 Å². The van der Waals surface area contributed by atoms with Crippen LogP contribution < -0.4 is 5.32 Å². The van der Waals surface area contributed by atoms with Crippen molar-refractivity contribution in [3.8, 4) is 0 Å². The lowest BCUT2D eigenvalue weighted by atomic mass is 10.0. The zero-order valence-electron chi connectivity index (χ0n) is 16.4. The van der Waals surface area contributed by atoms with Gasteiger partial charge in [0, 0.05) is 0 Å². The average Bonchev–Trinajstić information content (AvgIpc) is 2.50. The summed E-state index contributed by atoms with van der Waals surface area (Å²) < 4.78 is 0. The van der Waals surface area contributed by atoms with E-state index in [1.165, 1.54) is 103 Å². The maximum absolute atomic E-state index is 9.07. The smallest absolute Gasteiger partial charge is 0.102 e. The molecule has 0 fully saturated rings. The van der Waals surface area contributed by atoms with Gasteiger partial charge in [0.2, 0.25) is 0 Å². The SMILES string of the molecule is CCCCCCCCCCCCCCCCCCNC(C)O.F.F. The highest BCUT2D eigenvalue weighted by Gasteiger charge is 1.95. The van der Waals surface area contributed by atoms with Gasteiger partial charge in [0.05, 0.1) is 0 Å². The molecule has 0 aliphatic heterocycles. The lowest BCUT2D eigenvalue weighted by Crippen LogP contribution is -2.26. The summed E-state index contributed by atoms with van der Waals surface area (Å²) in [6.45, 7) is 5.03.